The Hall–Kier alpha value is -2.15. The van der Waals surface area contributed by atoms with E-state index in [1.807, 2.05) is 6.92 Å². The average molecular weight is 296 g/mol. The maximum absolute atomic E-state index is 12.1. The molecule has 0 heterocycles. The fourth-order valence-corrected chi connectivity index (χ4v) is 1.83. The van der Waals surface area contributed by atoms with Gasteiger partial charge in [-0.05, 0) is 25.3 Å². The molecule has 7 heteroatoms. The third-order valence-electron chi connectivity index (χ3n) is 2.96. The zero-order chi connectivity index (χ0) is 15.8. The lowest BCUT2D eigenvalue weighted by molar-refractivity contribution is -0.385. The van der Waals surface area contributed by atoms with Gasteiger partial charge in [-0.15, -0.1) is 0 Å². The molecule has 0 radical (unpaired) electrons. The molecule has 0 aliphatic carbocycles. The highest BCUT2D eigenvalue weighted by molar-refractivity contribution is 5.98. The Balaban J connectivity index is 2.92. The van der Waals surface area contributed by atoms with Gasteiger partial charge in [0.2, 0.25) is 5.75 Å². The minimum atomic E-state index is -0.573. The van der Waals surface area contributed by atoms with Crippen LogP contribution in [0, 0.1) is 16.0 Å². The van der Waals surface area contributed by atoms with Gasteiger partial charge in [-0.25, -0.2) is 0 Å². The largest absolute Gasteiger partial charge is 0.487 e. The minimum absolute atomic E-state index is 0.0164. The summed E-state index contributed by atoms with van der Waals surface area (Å²) in [4.78, 5) is 22.6. The quantitative estimate of drug-likeness (QED) is 0.562. The summed E-state index contributed by atoms with van der Waals surface area (Å²) >= 11 is 0. The van der Waals surface area contributed by atoms with E-state index < -0.39 is 10.8 Å². The number of nitro groups is 1. The van der Waals surface area contributed by atoms with Gasteiger partial charge in [-0.3, -0.25) is 14.9 Å². The number of hydrogen-bond donors (Lipinski definition) is 2. The molecule has 1 atom stereocenters. The van der Waals surface area contributed by atoms with Crippen molar-refractivity contribution in [3.63, 3.8) is 0 Å². The summed E-state index contributed by atoms with van der Waals surface area (Å²) in [5, 5.41) is 22.5. The highest BCUT2D eigenvalue weighted by Crippen LogP contribution is 2.30. The number of ether oxygens (including phenoxy) is 1. The third kappa shape index (κ3) is 4.71. The van der Waals surface area contributed by atoms with Crippen LogP contribution >= 0.6 is 0 Å². The molecular weight excluding hydrogens is 276 g/mol. The average Bonchev–Trinajstić information content (AvgIpc) is 2.45. The molecule has 0 aromatic heterocycles. The molecule has 0 saturated carbocycles. The van der Waals surface area contributed by atoms with Crippen LogP contribution in [0.5, 0.6) is 5.75 Å². The van der Waals surface area contributed by atoms with Crippen LogP contribution in [0.1, 0.15) is 30.6 Å². The van der Waals surface area contributed by atoms with Crippen LogP contribution in [-0.2, 0) is 0 Å². The summed E-state index contributed by atoms with van der Waals surface area (Å²) in [6.07, 6.45) is 0.577. The number of nitrogens with zero attached hydrogens (tertiary/aromatic N) is 1. The predicted octanol–water partition coefficient (Wildman–Crippen LogP) is 1.74. The van der Waals surface area contributed by atoms with Gasteiger partial charge in [-0.1, -0.05) is 13.0 Å². The van der Waals surface area contributed by atoms with Gasteiger partial charge in [0.25, 0.3) is 5.91 Å². The van der Waals surface area contributed by atoms with Crippen molar-refractivity contribution in [3.05, 3.63) is 33.9 Å². The number of carbonyl (C=O) groups is 1. The van der Waals surface area contributed by atoms with E-state index in [4.69, 9.17) is 9.84 Å². The highest BCUT2D eigenvalue weighted by atomic mass is 16.6. The predicted molar refractivity (Wildman–Crippen MR) is 77.5 cm³/mol. The molecule has 1 aromatic carbocycles. The Morgan fingerprint density at radius 3 is 2.81 bits per heavy atom. The van der Waals surface area contributed by atoms with Crippen LogP contribution in [0.4, 0.5) is 5.69 Å². The Bertz CT molecular complexity index is 504. The van der Waals surface area contributed by atoms with E-state index in [1.54, 1.807) is 6.92 Å². The second-order valence-electron chi connectivity index (χ2n) is 4.67. The number of benzene rings is 1. The number of rotatable bonds is 8. The molecule has 0 spiro atoms. The van der Waals surface area contributed by atoms with E-state index in [1.165, 1.54) is 18.2 Å². The first kappa shape index (κ1) is 16.9. The van der Waals surface area contributed by atoms with Gasteiger partial charge < -0.3 is 15.2 Å². The second-order valence-corrected chi connectivity index (χ2v) is 4.67. The minimum Gasteiger partial charge on any atom is -0.487 e. The monoisotopic (exact) mass is 296 g/mol. The molecule has 7 nitrogen and oxygen atoms in total. The van der Waals surface area contributed by atoms with Crippen molar-refractivity contribution in [2.24, 2.45) is 5.92 Å². The Morgan fingerprint density at radius 2 is 2.24 bits per heavy atom. The fourth-order valence-electron chi connectivity index (χ4n) is 1.83. The molecule has 0 bridgehead atoms. The molecule has 1 amide bonds. The lowest BCUT2D eigenvalue weighted by atomic mass is 10.1. The van der Waals surface area contributed by atoms with Gasteiger partial charge in [0.05, 0.1) is 17.1 Å². The smallest absolute Gasteiger partial charge is 0.311 e. The maximum Gasteiger partial charge on any atom is 0.311 e. The van der Waals surface area contributed by atoms with E-state index in [9.17, 15) is 14.9 Å². The van der Waals surface area contributed by atoms with Gasteiger partial charge in [0.15, 0.2) is 0 Å². The topological polar surface area (TPSA) is 102 Å². The van der Waals surface area contributed by atoms with Crippen molar-refractivity contribution in [2.75, 3.05) is 19.8 Å². The van der Waals surface area contributed by atoms with Crippen LogP contribution in [0.25, 0.3) is 0 Å². The van der Waals surface area contributed by atoms with Gasteiger partial charge >= 0.3 is 5.69 Å². The molecule has 1 unspecified atom stereocenters. The standard InChI is InChI=1S/C14H20N2O5/c1-3-21-13-11(5-4-6-12(13)16(19)20)14(18)15-9-10(2)7-8-17/h4-6,10,17H,3,7-9H2,1-2H3,(H,15,18). The lowest BCUT2D eigenvalue weighted by Crippen LogP contribution is -2.29. The van der Waals surface area contributed by atoms with E-state index in [0.29, 0.717) is 13.0 Å². The zero-order valence-electron chi connectivity index (χ0n) is 12.2. The molecule has 116 valence electrons. The molecule has 2 N–H and O–H groups in total. The fraction of sp³-hybridized carbons (Fsp3) is 0.500. The van der Waals surface area contributed by atoms with Crippen molar-refractivity contribution >= 4 is 11.6 Å². The molecular formula is C14H20N2O5. The molecule has 0 aliphatic heterocycles. The summed E-state index contributed by atoms with van der Waals surface area (Å²) in [6.45, 7) is 4.26. The van der Waals surface area contributed by atoms with Crippen LogP contribution in [0.2, 0.25) is 0 Å². The molecule has 1 rings (SSSR count). The third-order valence-corrected chi connectivity index (χ3v) is 2.96. The van der Waals surface area contributed by atoms with Crippen molar-refractivity contribution in [1.29, 1.82) is 0 Å². The SMILES string of the molecule is CCOc1c(C(=O)NCC(C)CCO)cccc1[N+](=O)[O-]. The summed E-state index contributed by atoms with van der Waals surface area (Å²) in [6, 6.07) is 4.24. The highest BCUT2D eigenvalue weighted by Gasteiger charge is 2.23. The molecule has 0 saturated heterocycles. The first-order chi connectivity index (χ1) is 10.0. The first-order valence-electron chi connectivity index (χ1n) is 6.80. The van der Waals surface area contributed by atoms with Crippen LogP contribution in [-0.4, -0.2) is 35.7 Å². The van der Waals surface area contributed by atoms with E-state index >= 15 is 0 Å². The van der Waals surface area contributed by atoms with E-state index in [2.05, 4.69) is 5.32 Å². The van der Waals surface area contributed by atoms with Crippen molar-refractivity contribution in [1.82, 2.24) is 5.32 Å². The summed E-state index contributed by atoms with van der Waals surface area (Å²) in [7, 11) is 0. The maximum atomic E-state index is 12.1. The molecule has 0 fully saturated rings. The normalized spacial score (nSPS) is 11.8. The molecule has 0 aliphatic rings. The van der Waals surface area contributed by atoms with Gasteiger partial charge in [0, 0.05) is 19.2 Å². The van der Waals surface area contributed by atoms with Gasteiger partial charge in [0.1, 0.15) is 0 Å². The number of aliphatic hydroxyl groups is 1. The van der Waals surface area contributed by atoms with Crippen molar-refractivity contribution < 1.29 is 19.6 Å². The Morgan fingerprint density at radius 1 is 1.52 bits per heavy atom. The van der Waals surface area contributed by atoms with Crippen LogP contribution in [0.15, 0.2) is 18.2 Å². The van der Waals surface area contributed by atoms with Crippen molar-refractivity contribution in [2.45, 2.75) is 20.3 Å². The number of hydrogen-bond acceptors (Lipinski definition) is 5. The van der Waals surface area contributed by atoms with Crippen LogP contribution < -0.4 is 10.1 Å². The zero-order valence-corrected chi connectivity index (χ0v) is 12.2. The number of carbonyl (C=O) groups excluding carboxylic acids is 1. The number of amides is 1. The number of aliphatic hydroxyl groups excluding tert-OH is 1. The second kappa shape index (κ2) is 8.21. The van der Waals surface area contributed by atoms with Gasteiger partial charge in [-0.2, -0.15) is 0 Å². The first-order valence-corrected chi connectivity index (χ1v) is 6.80. The summed E-state index contributed by atoms with van der Waals surface area (Å²) in [5.41, 5.74) is -0.0878. The lowest BCUT2D eigenvalue weighted by Gasteiger charge is -2.13. The molecule has 1 aromatic rings. The van der Waals surface area contributed by atoms with E-state index in [-0.39, 0.29) is 36.1 Å². The van der Waals surface area contributed by atoms with Crippen LogP contribution in [0.3, 0.4) is 0 Å². The Labute approximate surface area is 123 Å². The van der Waals surface area contributed by atoms with E-state index in [0.717, 1.165) is 0 Å². The number of nitrogens with one attached hydrogen (secondary N) is 1. The summed E-state index contributed by atoms with van der Waals surface area (Å²) < 4.78 is 5.26. The molecule has 21 heavy (non-hydrogen) atoms. The summed E-state index contributed by atoms with van der Waals surface area (Å²) in [5.74, 6) is -0.322. The number of nitro benzene ring substituents is 1. The Kier molecular flexibility index (Phi) is 6.61. The van der Waals surface area contributed by atoms with Crippen molar-refractivity contribution in [3.8, 4) is 5.75 Å². The number of para-hydroxylation sites is 1.